The first-order valence-electron chi connectivity index (χ1n) is 4.78. The van der Waals surface area contributed by atoms with Gasteiger partial charge < -0.3 is 0 Å². The van der Waals surface area contributed by atoms with Gasteiger partial charge >= 0.3 is 6.18 Å². The number of nitrogens with one attached hydrogen (secondary N) is 2. The highest BCUT2D eigenvalue weighted by Crippen LogP contribution is 2.30. The number of alkyl halides is 3. The third-order valence-electron chi connectivity index (χ3n) is 2.30. The van der Waals surface area contributed by atoms with Crippen LogP contribution in [0.15, 0.2) is 16.2 Å². The van der Waals surface area contributed by atoms with Crippen molar-refractivity contribution in [1.29, 1.82) is 0 Å². The van der Waals surface area contributed by atoms with Gasteiger partial charge in [-0.05, 0) is 23.9 Å². The van der Waals surface area contributed by atoms with Crippen LogP contribution >= 0.6 is 11.3 Å². The highest BCUT2D eigenvalue weighted by atomic mass is 32.1. The molecule has 0 bridgehead atoms. The Balaban J connectivity index is 2.39. The molecule has 3 nitrogen and oxygen atoms in total. The summed E-state index contributed by atoms with van der Waals surface area (Å²) < 4.78 is 37.7. The molecule has 2 N–H and O–H groups in total. The summed E-state index contributed by atoms with van der Waals surface area (Å²) in [4.78, 5) is 12.1. The van der Waals surface area contributed by atoms with Gasteiger partial charge in [0, 0.05) is 11.3 Å². The van der Waals surface area contributed by atoms with Gasteiger partial charge in [0.25, 0.3) is 5.56 Å². The molecular weight excluding hydrogens is 253 g/mol. The van der Waals surface area contributed by atoms with E-state index in [1.165, 1.54) is 11.3 Å². The van der Waals surface area contributed by atoms with Crippen molar-refractivity contribution in [1.82, 2.24) is 10.2 Å². The fourth-order valence-electron chi connectivity index (χ4n) is 1.55. The topological polar surface area (TPSA) is 48.6 Å². The van der Waals surface area contributed by atoms with E-state index in [0.717, 1.165) is 10.4 Å². The molecule has 17 heavy (non-hydrogen) atoms. The molecule has 0 fully saturated rings. The molecule has 7 heteroatoms. The van der Waals surface area contributed by atoms with Crippen molar-refractivity contribution >= 4 is 11.3 Å². The molecule has 0 aliphatic heterocycles. The van der Waals surface area contributed by atoms with E-state index in [2.05, 4.69) is 0 Å². The van der Waals surface area contributed by atoms with Crippen molar-refractivity contribution in [2.75, 3.05) is 0 Å². The van der Waals surface area contributed by atoms with Crippen molar-refractivity contribution in [2.45, 2.75) is 19.5 Å². The maximum atomic E-state index is 12.6. The minimum Gasteiger partial charge on any atom is -0.293 e. The summed E-state index contributed by atoms with van der Waals surface area (Å²) in [5.41, 5.74) is -0.998. The Kier molecular flexibility index (Phi) is 2.86. The fourth-order valence-corrected chi connectivity index (χ4v) is 2.44. The van der Waals surface area contributed by atoms with Crippen molar-refractivity contribution in [3.8, 4) is 0 Å². The Morgan fingerprint density at radius 3 is 2.59 bits per heavy atom. The number of thiophene rings is 1. The molecule has 0 saturated heterocycles. The minimum atomic E-state index is -4.54. The first-order valence-corrected chi connectivity index (χ1v) is 5.66. The molecule has 0 spiro atoms. The Labute approximate surface area is 98.3 Å². The van der Waals surface area contributed by atoms with Crippen molar-refractivity contribution in [2.24, 2.45) is 0 Å². The molecule has 0 aliphatic rings. The second-order valence-electron chi connectivity index (χ2n) is 3.70. The monoisotopic (exact) mass is 262 g/mol. The van der Waals surface area contributed by atoms with E-state index in [4.69, 9.17) is 0 Å². The lowest BCUT2D eigenvalue weighted by molar-refractivity contribution is -0.141. The van der Waals surface area contributed by atoms with E-state index in [1.54, 1.807) is 6.07 Å². The molecule has 0 atom stereocenters. The highest BCUT2D eigenvalue weighted by molar-refractivity contribution is 7.10. The Hall–Kier alpha value is -1.50. The number of aryl methyl sites for hydroxylation is 1. The highest BCUT2D eigenvalue weighted by Gasteiger charge is 2.36. The molecule has 0 unspecified atom stereocenters. The van der Waals surface area contributed by atoms with Crippen LogP contribution in [0.1, 0.15) is 21.7 Å². The summed E-state index contributed by atoms with van der Waals surface area (Å²) in [5, 5.41) is 5.69. The lowest BCUT2D eigenvalue weighted by Crippen LogP contribution is -2.13. The molecule has 92 valence electrons. The number of hydrogen-bond acceptors (Lipinski definition) is 2. The van der Waals surface area contributed by atoms with Gasteiger partial charge in [0.1, 0.15) is 5.69 Å². The fraction of sp³-hybridized carbons (Fsp3) is 0.300. The molecule has 2 heterocycles. The van der Waals surface area contributed by atoms with E-state index in [0.29, 0.717) is 0 Å². The van der Waals surface area contributed by atoms with Gasteiger partial charge in [-0.3, -0.25) is 15.0 Å². The van der Waals surface area contributed by atoms with Gasteiger partial charge in [0.15, 0.2) is 0 Å². The molecule has 0 aromatic carbocycles. The average Bonchev–Trinajstić information content (AvgIpc) is 2.74. The van der Waals surface area contributed by atoms with Crippen molar-refractivity contribution in [3.63, 3.8) is 0 Å². The molecular formula is C10H9F3N2OS. The number of rotatable bonds is 2. The number of H-pyrrole nitrogens is 2. The van der Waals surface area contributed by atoms with E-state index < -0.39 is 17.4 Å². The smallest absolute Gasteiger partial charge is 0.293 e. The van der Waals surface area contributed by atoms with Crippen molar-refractivity contribution < 1.29 is 13.2 Å². The molecule has 2 aromatic rings. The summed E-state index contributed by atoms with van der Waals surface area (Å²) >= 11 is 1.34. The standard InChI is InChI=1S/C10H9F3N2OS/c1-5-2-6(17-4-5)3-7-8(10(11,12)13)14-15-9(7)16/h2,4H,3H2,1H3,(H2,14,15,16). The maximum absolute atomic E-state index is 12.6. The van der Waals surface area contributed by atoms with Gasteiger partial charge in [0.05, 0.1) is 5.56 Å². The molecule has 0 radical (unpaired) electrons. The molecule has 0 amide bonds. The summed E-state index contributed by atoms with van der Waals surface area (Å²) in [7, 11) is 0. The zero-order valence-electron chi connectivity index (χ0n) is 8.81. The Morgan fingerprint density at radius 1 is 1.35 bits per heavy atom. The van der Waals surface area contributed by atoms with E-state index >= 15 is 0 Å². The second kappa shape index (κ2) is 4.06. The van der Waals surface area contributed by atoms with Crippen molar-refractivity contribution in [3.05, 3.63) is 43.5 Å². The molecule has 0 saturated carbocycles. The van der Waals surface area contributed by atoms with Crippen LogP contribution in [0.2, 0.25) is 0 Å². The van der Waals surface area contributed by atoms with Crippen LogP contribution in [0.5, 0.6) is 0 Å². The largest absolute Gasteiger partial charge is 0.433 e. The minimum absolute atomic E-state index is 0.00775. The lowest BCUT2D eigenvalue weighted by atomic mass is 10.1. The maximum Gasteiger partial charge on any atom is 0.433 e. The summed E-state index contributed by atoms with van der Waals surface area (Å²) in [6.07, 6.45) is -4.55. The molecule has 0 aliphatic carbocycles. The predicted molar refractivity (Wildman–Crippen MR) is 58.3 cm³/mol. The third-order valence-corrected chi connectivity index (χ3v) is 3.35. The van der Waals surface area contributed by atoms with Gasteiger partial charge in [0.2, 0.25) is 0 Å². The van der Waals surface area contributed by atoms with Gasteiger partial charge in [-0.25, -0.2) is 0 Å². The normalized spacial score (nSPS) is 12.0. The first kappa shape index (κ1) is 12.0. The van der Waals surface area contributed by atoms with Crippen LogP contribution < -0.4 is 5.56 Å². The van der Waals surface area contributed by atoms with E-state index in [1.807, 2.05) is 22.5 Å². The number of halogens is 3. The van der Waals surface area contributed by atoms with Crippen LogP contribution in [0.25, 0.3) is 0 Å². The third kappa shape index (κ3) is 2.44. The van der Waals surface area contributed by atoms with Crippen LogP contribution in [0.3, 0.4) is 0 Å². The second-order valence-corrected chi connectivity index (χ2v) is 4.69. The van der Waals surface area contributed by atoms with E-state index in [-0.39, 0.29) is 12.0 Å². The average molecular weight is 262 g/mol. The van der Waals surface area contributed by atoms with Crippen LogP contribution in [0.4, 0.5) is 13.2 Å². The summed E-state index contributed by atoms with van der Waals surface area (Å²) in [6.45, 7) is 1.85. The zero-order chi connectivity index (χ0) is 12.6. The van der Waals surface area contributed by atoms with E-state index in [9.17, 15) is 18.0 Å². The SMILES string of the molecule is Cc1csc(Cc2c(C(F)(F)F)[nH][nH]c2=O)c1. The molecule has 2 rings (SSSR count). The van der Waals surface area contributed by atoms with Crippen LogP contribution in [-0.4, -0.2) is 10.2 Å². The van der Waals surface area contributed by atoms with Crippen LogP contribution in [0, 0.1) is 6.92 Å². The van der Waals surface area contributed by atoms with Gasteiger partial charge in [-0.2, -0.15) is 13.2 Å². The lowest BCUT2D eigenvalue weighted by Gasteiger charge is -2.05. The Morgan fingerprint density at radius 2 is 2.06 bits per heavy atom. The van der Waals surface area contributed by atoms with Gasteiger partial charge in [-0.15, -0.1) is 11.3 Å². The molecule has 2 aromatic heterocycles. The number of hydrogen-bond donors (Lipinski definition) is 2. The quantitative estimate of drug-likeness (QED) is 0.858. The number of aromatic amines is 2. The first-order chi connectivity index (χ1) is 7.88. The Bertz CT molecular complexity index is 579. The zero-order valence-corrected chi connectivity index (χ0v) is 9.63. The number of aromatic nitrogens is 2. The van der Waals surface area contributed by atoms with Crippen LogP contribution in [-0.2, 0) is 12.6 Å². The predicted octanol–water partition coefficient (Wildman–Crippen LogP) is 2.68. The summed E-state index contributed by atoms with van der Waals surface area (Å²) in [5.74, 6) is 0. The summed E-state index contributed by atoms with van der Waals surface area (Å²) in [6, 6.07) is 1.78. The van der Waals surface area contributed by atoms with Gasteiger partial charge in [-0.1, -0.05) is 0 Å².